The summed E-state index contributed by atoms with van der Waals surface area (Å²) in [6.45, 7) is 8.22. The van der Waals surface area contributed by atoms with Gasteiger partial charge in [0, 0.05) is 11.4 Å². The molecule has 64 heavy (non-hydrogen) atoms. The molecule has 8 nitrogen and oxygen atoms in total. The predicted molar refractivity (Wildman–Crippen MR) is 265 cm³/mol. The molecule has 0 aromatic heterocycles. The molecule has 370 valence electrons. The number of quaternary nitrogens is 2. The lowest BCUT2D eigenvalue weighted by molar-refractivity contribution is -0.938. The molecule has 0 saturated carbocycles. The number of hydrogen-bond acceptors (Lipinski definition) is 4. The highest BCUT2D eigenvalue weighted by Gasteiger charge is 2.27. The first-order valence-corrected chi connectivity index (χ1v) is 25.7. The van der Waals surface area contributed by atoms with E-state index in [0.717, 1.165) is 62.0 Å². The average Bonchev–Trinajstić information content (AvgIpc) is 3.23. The molecule has 2 aromatic carbocycles. The maximum absolute atomic E-state index is 13.0. The van der Waals surface area contributed by atoms with Gasteiger partial charge in [-0.15, -0.1) is 0 Å². The van der Waals surface area contributed by atoms with Crippen molar-refractivity contribution in [3.05, 3.63) is 48.5 Å². The predicted octanol–water partition coefficient (Wildman–Crippen LogP) is 8.14. The van der Waals surface area contributed by atoms with E-state index in [4.69, 9.17) is 9.47 Å². The Hall–Kier alpha value is -2.14. The minimum atomic E-state index is -0.0267. The number of anilines is 2. The third-order valence-electron chi connectivity index (χ3n) is 12.3. The first-order valence-electron chi connectivity index (χ1n) is 25.7. The third kappa shape index (κ3) is 35.1. The molecule has 0 aliphatic carbocycles. The van der Waals surface area contributed by atoms with Gasteiger partial charge in [0.25, 0.3) is 11.8 Å². The monoisotopic (exact) mass is 1020 g/mol. The van der Waals surface area contributed by atoms with E-state index < -0.39 is 0 Å². The molecule has 0 radical (unpaired) electrons. The number of halogens is 2. The summed E-state index contributed by atoms with van der Waals surface area (Å²) in [6, 6.07) is 15.4. The SMILES string of the molecule is CCCCCCCCCCCCCCCCOc1ccc(NC(=O)C[N+](C)(C)CC[N+](C)(C)CC(=O)Nc2ccc(OCCCCCCCCCCCCCCCC)cc2)cc1.[Br-].[Br-]. The molecule has 0 saturated heterocycles. The number of likely N-dealkylation sites (N-methyl/N-ethyl adjacent to an activating group) is 2. The molecule has 0 atom stereocenters. The molecule has 2 N–H and O–H groups in total. The molecule has 0 aliphatic rings. The highest BCUT2D eigenvalue weighted by Crippen LogP contribution is 2.20. The number of carbonyl (C=O) groups excluding carboxylic acids is 2. The van der Waals surface area contributed by atoms with Crippen molar-refractivity contribution in [2.24, 2.45) is 0 Å². The van der Waals surface area contributed by atoms with Crippen LogP contribution in [0.3, 0.4) is 0 Å². The summed E-state index contributed by atoms with van der Waals surface area (Å²) >= 11 is 0. The van der Waals surface area contributed by atoms with Crippen molar-refractivity contribution in [2.45, 2.75) is 194 Å². The fourth-order valence-electron chi connectivity index (χ4n) is 8.12. The van der Waals surface area contributed by atoms with Crippen molar-refractivity contribution in [1.82, 2.24) is 0 Å². The van der Waals surface area contributed by atoms with Crippen LogP contribution in [0.25, 0.3) is 0 Å². The van der Waals surface area contributed by atoms with E-state index >= 15 is 0 Å². The van der Waals surface area contributed by atoms with Crippen molar-refractivity contribution in [3.63, 3.8) is 0 Å². The number of nitrogens with one attached hydrogen (secondary N) is 2. The number of ether oxygens (including phenoxy) is 2. The van der Waals surface area contributed by atoms with Crippen LogP contribution >= 0.6 is 0 Å². The Balaban J connectivity index is 0.0000198. The van der Waals surface area contributed by atoms with E-state index in [-0.39, 0.29) is 45.8 Å². The van der Waals surface area contributed by atoms with Gasteiger partial charge in [0.1, 0.15) is 24.6 Å². The number of carbonyl (C=O) groups is 2. The Morgan fingerprint density at radius 3 is 0.875 bits per heavy atom. The van der Waals surface area contributed by atoms with Crippen LogP contribution in [0, 0.1) is 0 Å². The van der Waals surface area contributed by atoms with E-state index in [1.165, 1.54) is 167 Å². The summed E-state index contributed by atoms with van der Waals surface area (Å²) in [5, 5.41) is 6.11. The molecule has 0 bridgehead atoms. The largest absolute Gasteiger partial charge is 1.00 e. The fraction of sp³-hybridized carbons (Fsp3) is 0.741. The molecule has 0 fully saturated rings. The van der Waals surface area contributed by atoms with Crippen molar-refractivity contribution < 1.29 is 62.0 Å². The second kappa shape index (κ2) is 40.0. The number of rotatable bonds is 41. The van der Waals surface area contributed by atoms with Crippen LogP contribution in [0.15, 0.2) is 48.5 Å². The molecule has 2 amide bonds. The summed E-state index contributed by atoms with van der Waals surface area (Å²) in [6.07, 6.45) is 37.8. The Morgan fingerprint density at radius 2 is 0.625 bits per heavy atom. The molecule has 2 rings (SSSR count). The van der Waals surface area contributed by atoms with Gasteiger partial charge >= 0.3 is 0 Å². The summed E-state index contributed by atoms with van der Waals surface area (Å²) in [4.78, 5) is 26.0. The molecular weight excluding hydrogens is 928 g/mol. The van der Waals surface area contributed by atoms with Crippen LogP contribution < -0.4 is 54.1 Å². The van der Waals surface area contributed by atoms with Crippen molar-refractivity contribution in [2.75, 3.05) is 78.2 Å². The van der Waals surface area contributed by atoms with E-state index in [0.29, 0.717) is 22.1 Å². The zero-order valence-corrected chi connectivity index (χ0v) is 45.1. The summed E-state index contributed by atoms with van der Waals surface area (Å²) in [5.74, 6) is 1.63. The maximum atomic E-state index is 13.0. The van der Waals surface area contributed by atoms with Gasteiger partial charge in [-0.05, 0) is 61.4 Å². The van der Waals surface area contributed by atoms with Crippen LogP contribution in [0.4, 0.5) is 11.4 Å². The van der Waals surface area contributed by atoms with Gasteiger partial charge in [0.05, 0.1) is 41.4 Å². The summed E-state index contributed by atoms with van der Waals surface area (Å²) in [7, 11) is 8.27. The standard InChI is InChI=1S/C54H94N4O4.2BrH/c1-7-9-11-13-15-17-19-21-23-25-27-29-31-33-45-61-51-39-35-49(36-40-51)55-53(59)47-57(3,4)43-44-58(5,6)48-54(60)56-50-37-41-52(42-38-50)62-46-34-32-30-28-26-24-22-20-18-16-14-12-10-8-2;;/h35-42H,7-34,43-48H2,1-6H3;2*1H. The van der Waals surface area contributed by atoms with Gasteiger partial charge in [0.15, 0.2) is 13.1 Å². The van der Waals surface area contributed by atoms with Crippen LogP contribution in [0.2, 0.25) is 0 Å². The maximum Gasteiger partial charge on any atom is 0.279 e. The van der Waals surface area contributed by atoms with E-state index in [1.54, 1.807) is 0 Å². The second-order valence-corrected chi connectivity index (χ2v) is 19.7. The second-order valence-electron chi connectivity index (χ2n) is 19.7. The molecule has 0 aliphatic heterocycles. The summed E-state index contributed by atoms with van der Waals surface area (Å²) in [5.41, 5.74) is 1.55. The smallest absolute Gasteiger partial charge is 0.279 e. The van der Waals surface area contributed by atoms with Gasteiger partial charge in [-0.25, -0.2) is 0 Å². The Kier molecular flexibility index (Phi) is 38.6. The van der Waals surface area contributed by atoms with E-state index in [9.17, 15) is 9.59 Å². The molecule has 0 spiro atoms. The van der Waals surface area contributed by atoms with Gasteiger partial charge in [-0.2, -0.15) is 0 Å². The quantitative estimate of drug-likeness (QED) is 0.0522. The minimum Gasteiger partial charge on any atom is -1.00 e. The van der Waals surface area contributed by atoms with Crippen LogP contribution in [-0.4, -0.2) is 88.4 Å². The average molecular weight is 1030 g/mol. The number of amides is 2. The van der Waals surface area contributed by atoms with Crippen molar-refractivity contribution >= 4 is 23.2 Å². The Morgan fingerprint density at radius 1 is 0.391 bits per heavy atom. The molecule has 0 unspecified atom stereocenters. The van der Waals surface area contributed by atoms with Gasteiger partial charge in [-0.1, -0.05) is 181 Å². The highest BCUT2D eigenvalue weighted by molar-refractivity contribution is 5.92. The molecule has 2 aromatic rings. The summed E-state index contributed by atoms with van der Waals surface area (Å²) < 4.78 is 13.0. The number of unbranched alkanes of at least 4 members (excludes halogenated alkanes) is 26. The van der Waals surface area contributed by atoms with Gasteiger partial charge in [-0.3, -0.25) is 9.59 Å². The van der Waals surface area contributed by atoms with Gasteiger partial charge < -0.3 is 63.0 Å². The highest BCUT2D eigenvalue weighted by atomic mass is 79.9. The number of benzene rings is 2. The zero-order chi connectivity index (χ0) is 45.0. The lowest BCUT2D eigenvalue weighted by Gasteiger charge is -2.34. The third-order valence-corrected chi connectivity index (χ3v) is 12.3. The normalized spacial score (nSPS) is 11.4. The van der Waals surface area contributed by atoms with Crippen LogP contribution in [0.1, 0.15) is 194 Å². The first kappa shape index (κ1) is 61.9. The first-order chi connectivity index (χ1) is 30.0. The van der Waals surface area contributed by atoms with E-state index in [1.807, 2.05) is 48.5 Å². The lowest BCUT2D eigenvalue weighted by atomic mass is 10.0. The molecular formula is C54H96Br2N4O4. The number of nitrogens with zero attached hydrogens (tertiary/aromatic N) is 2. The lowest BCUT2D eigenvalue weighted by Crippen LogP contribution is -3.00. The van der Waals surface area contributed by atoms with Crippen molar-refractivity contribution in [1.29, 1.82) is 0 Å². The van der Waals surface area contributed by atoms with Crippen LogP contribution in [-0.2, 0) is 9.59 Å². The Labute approximate surface area is 414 Å². The number of hydrogen-bond donors (Lipinski definition) is 2. The van der Waals surface area contributed by atoms with Crippen LogP contribution in [0.5, 0.6) is 11.5 Å². The topological polar surface area (TPSA) is 76.7 Å². The molecule has 10 heteroatoms. The zero-order valence-electron chi connectivity index (χ0n) is 41.9. The van der Waals surface area contributed by atoms with Gasteiger partial charge in [0.2, 0.25) is 0 Å². The molecule has 0 heterocycles. The Bertz CT molecular complexity index is 1290. The van der Waals surface area contributed by atoms with E-state index in [2.05, 4.69) is 52.7 Å². The minimum absolute atomic E-state index is 0. The fourth-order valence-corrected chi connectivity index (χ4v) is 8.12. The van der Waals surface area contributed by atoms with Crippen molar-refractivity contribution in [3.8, 4) is 11.5 Å².